The lowest BCUT2D eigenvalue weighted by Crippen LogP contribution is -2.43. The molecule has 1 aromatic heterocycles. The summed E-state index contributed by atoms with van der Waals surface area (Å²) in [6, 6.07) is 19.4. The van der Waals surface area contributed by atoms with Crippen LogP contribution < -0.4 is 5.32 Å². The topological polar surface area (TPSA) is 55.4 Å². The second-order valence-corrected chi connectivity index (χ2v) is 7.31. The summed E-state index contributed by atoms with van der Waals surface area (Å²) in [6.07, 6.45) is 0.354. The summed E-state index contributed by atoms with van der Waals surface area (Å²) in [5.41, 5.74) is 1.73. The molecule has 6 heteroatoms. The van der Waals surface area contributed by atoms with Crippen molar-refractivity contribution in [2.24, 2.45) is 0 Å². The number of amides is 1. The highest BCUT2D eigenvalue weighted by molar-refractivity contribution is 7.12. The zero-order valence-corrected chi connectivity index (χ0v) is 16.0. The average Bonchev–Trinajstić information content (AvgIpc) is 3.21. The molecule has 2 aromatic carbocycles. The highest BCUT2D eigenvalue weighted by Crippen LogP contribution is 2.13. The Balaban J connectivity index is 1.69. The van der Waals surface area contributed by atoms with Gasteiger partial charge in [-0.1, -0.05) is 60.1 Å². The third kappa shape index (κ3) is 5.67. The normalized spacial score (nSPS) is 11.6. The van der Waals surface area contributed by atoms with E-state index in [4.69, 9.17) is 16.3 Å². The number of carbonyl (C=O) groups is 2. The Labute approximate surface area is 166 Å². The van der Waals surface area contributed by atoms with Gasteiger partial charge in [-0.3, -0.25) is 4.79 Å². The fourth-order valence-corrected chi connectivity index (χ4v) is 3.40. The van der Waals surface area contributed by atoms with Crippen molar-refractivity contribution in [3.05, 3.63) is 93.1 Å². The number of carbonyl (C=O) groups excluding carboxylic acids is 2. The molecule has 0 saturated carbocycles. The molecule has 1 amide bonds. The van der Waals surface area contributed by atoms with Gasteiger partial charge in [0.05, 0.1) is 4.88 Å². The number of ether oxygens (including phenoxy) is 1. The molecule has 0 radical (unpaired) electrons. The molecule has 1 heterocycles. The fraction of sp³-hybridized carbons (Fsp3) is 0.143. The van der Waals surface area contributed by atoms with Gasteiger partial charge in [-0.15, -0.1) is 11.3 Å². The first-order valence-electron chi connectivity index (χ1n) is 8.41. The zero-order valence-electron chi connectivity index (χ0n) is 14.4. The van der Waals surface area contributed by atoms with E-state index in [1.165, 1.54) is 11.3 Å². The van der Waals surface area contributed by atoms with Gasteiger partial charge in [-0.2, -0.15) is 0 Å². The van der Waals surface area contributed by atoms with Crippen LogP contribution in [0.5, 0.6) is 0 Å². The van der Waals surface area contributed by atoms with Crippen LogP contribution in [0, 0.1) is 0 Å². The van der Waals surface area contributed by atoms with Crippen molar-refractivity contribution in [1.29, 1.82) is 0 Å². The Kier molecular flexibility index (Phi) is 6.63. The molecule has 138 valence electrons. The van der Waals surface area contributed by atoms with Gasteiger partial charge in [0.15, 0.2) is 0 Å². The molecule has 1 N–H and O–H groups in total. The molecule has 0 bridgehead atoms. The number of rotatable bonds is 7. The molecule has 0 aliphatic heterocycles. The Bertz CT molecular complexity index is 897. The predicted octanol–water partition coefficient (Wildman–Crippen LogP) is 4.49. The minimum absolute atomic E-state index is 0.0968. The SMILES string of the molecule is O=C(NC(Cc1ccccc1)C(=O)OCc1cccc(Cl)c1)c1cccs1. The van der Waals surface area contributed by atoms with E-state index < -0.39 is 12.0 Å². The van der Waals surface area contributed by atoms with E-state index >= 15 is 0 Å². The number of nitrogens with one attached hydrogen (secondary N) is 1. The van der Waals surface area contributed by atoms with Gasteiger partial charge < -0.3 is 10.1 Å². The van der Waals surface area contributed by atoms with Crippen LogP contribution in [0.2, 0.25) is 5.02 Å². The van der Waals surface area contributed by atoms with Crippen molar-refractivity contribution in [2.75, 3.05) is 0 Å². The van der Waals surface area contributed by atoms with Gasteiger partial charge in [-0.05, 0) is 34.7 Å². The van der Waals surface area contributed by atoms with Gasteiger partial charge in [0.2, 0.25) is 0 Å². The first-order chi connectivity index (χ1) is 13.1. The Hall–Kier alpha value is -2.63. The molecular formula is C21H18ClNO3S. The quantitative estimate of drug-likeness (QED) is 0.596. The number of hydrogen-bond acceptors (Lipinski definition) is 4. The molecule has 27 heavy (non-hydrogen) atoms. The highest BCUT2D eigenvalue weighted by Gasteiger charge is 2.24. The number of hydrogen-bond donors (Lipinski definition) is 1. The van der Waals surface area contributed by atoms with E-state index in [9.17, 15) is 9.59 Å². The van der Waals surface area contributed by atoms with Crippen LogP contribution in [-0.4, -0.2) is 17.9 Å². The summed E-state index contributed by atoms with van der Waals surface area (Å²) in [5.74, 6) is -0.769. The zero-order chi connectivity index (χ0) is 19.1. The van der Waals surface area contributed by atoms with Crippen LogP contribution in [0.15, 0.2) is 72.1 Å². The molecule has 3 rings (SSSR count). The number of esters is 1. The number of thiophene rings is 1. The molecule has 0 spiro atoms. The molecule has 1 atom stereocenters. The van der Waals surface area contributed by atoms with Gasteiger partial charge in [0.1, 0.15) is 12.6 Å². The molecule has 1 unspecified atom stereocenters. The van der Waals surface area contributed by atoms with Crippen LogP contribution in [0.4, 0.5) is 0 Å². The third-order valence-electron chi connectivity index (χ3n) is 3.89. The van der Waals surface area contributed by atoms with Crippen LogP contribution in [0.25, 0.3) is 0 Å². The molecule has 0 fully saturated rings. The average molecular weight is 400 g/mol. The van der Waals surface area contributed by atoms with Crippen molar-refractivity contribution in [1.82, 2.24) is 5.32 Å². The van der Waals surface area contributed by atoms with Crippen molar-refractivity contribution >= 4 is 34.8 Å². The van der Waals surface area contributed by atoms with E-state index in [0.717, 1.165) is 11.1 Å². The number of benzene rings is 2. The Morgan fingerprint density at radius 3 is 2.48 bits per heavy atom. The Morgan fingerprint density at radius 2 is 1.78 bits per heavy atom. The first-order valence-corrected chi connectivity index (χ1v) is 9.67. The van der Waals surface area contributed by atoms with Crippen molar-refractivity contribution < 1.29 is 14.3 Å². The third-order valence-corrected chi connectivity index (χ3v) is 4.99. The maximum atomic E-state index is 12.6. The van der Waals surface area contributed by atoms with E-state index in [0.29, 0.717) is 16.3 Å². The minimum atomic E-state index is -0.777. The molecule has 0 aliphatic rings. The van der Waals surface area contributed by atoms with Crippen LogP contribution >= 0.6 is 22.9 Å². The summed E-state index contributed by atoms with van der Waals surface area (Å²) < 4.78 is 5.43. The van der Waals surface area contributed by atoms with Crippen LogP contribution in [0.3, 0.4) is 0 Å². The number of halogens is 1. The first kappa shape index (κ1) is 19.1. The second kappa shape index (κ2) is 9.35. The summed E-state index contributed by atoms with van der Waals surface area (Å²) in [7, 11) is 0. The van der Waals surface area contributed by atoms with Crippen molar-refractivity contribution in [3.8, 4) is 0 Å². The summed E-state index contributed by atoms with van der Waals surface area (Å²) in [6.45, 7) is 0.0968. The van der Waals surface area contributed by atoms with E-state index in [-0.39, 0.29) is 12.5 Å². The lowest BCUT2D eigenvalue weighted by molar-refractivity contribution is -0.147. The monoisotopic (exact) mass is 399 g/mol. The van der Waals surface area contributed by atoms with Crippen LogP contribution in [0.1, 0.15) is 20.8 Å². The minimum Gasteiger partial charge on any atom is -0.459 e. The standard InChI is InChI=1S/C21H18ClNO3S/c22-17-9-4-8-16(12-17)14-26-21(25)18(13-15-6-2-1-3-7-15)23-20(24)19-10-5-11-27-19/h1-12,18H,13-14H2,(H,23,24). The summed E-state index contributed by atoms with van der Waals surface area (Å²) in [4.78, 5) is 25.6. The van der Waals surface area contributed by atoms with E-state index in [2.05, 4.69) is 5.32 Å². The van der Waals surface area contributed by atoms with E-state index in [1.807, 2.05) is 41.8 Å². The maximum absolute atomic E-state index is 12.6. The molecule has 3 aromatic rings. The molecular weight excluding hydrogens is 382 g/mol. The predicted molar refractivity (Wildman–Crippen MR) is 107 cm³/mol. The maximum Gasteiger partial charge on any atom is 0.329 e. The second-order valence-electron chi connectivity index (χ2n) is 5.93. The molecule has 4 nitrogen and oxygen atoms in total. The van der Waals surface area contributed by atoms with Gasteiger partial charge >= 0.3 is 5.97 Å². The van der Waals surface area contributed by atoms with E-state index in [1.54, 1.807) is 30.3 Å². The molecule has 0 saturated heterocycles. The van der Waals surface area contributed by atoms with Gasteiger partial charge in [0, 0.05) is 11.4 Å². The summed E-state index contributed by atoms with van der Waals surface area (Å²) >= 11 is 7.28. The van der Waals surface area contributed by atoms with Gasteiger partial charge in [0.25, 0.3) is 5.91 Å². The van der Waals surface area contributed by atoms with Crippen molar-refractivity contribution in [2.45, 2.75) is 19.1 Å². The smallest absolute Gasteiger partial charge is 0.329 e. The van der Waals surface area contributed by atoms with Crippen molar-refractivity contribution in [3.63, 3.8) is 0 Å². The fourth-order valence-electron chi connectivity index (χ4n) is 2.56. The lowest BCUT2D eigenvalue weighted by Gasteiger charge is -2.17. The van der Waals surface area contributed by atoms with Crippen LogP contribution in [-0.2, 0) is 22.6 Å². The highest BCUT2D eigenvalue weighted by atomic mass is 35.5. The lowest BCUT2D eigenvalue weighted by atomic mass is 10.1. The largest absolute Gasteiger partial charge is 0.459 e. The van der Waals surface area contributed by atoms with Gasteiger partial charge in [-0.25, -0.2) is 4.79 Å². The molecule has 0 aliphatic carbocycles. The summed E-state index contributed by atoms with van der Waals surface area (Å²) in [5, 5.41) is 5.18. The Morgan fingerprint density at radius 1 is 1.00 bits per heavy atom.